The number of carbonyl (C=O) groups is 1. The van der Waals surface area contributed by atoms with Gasteiger partial charge in [-0.15, -0.1) is 0 Å². The van der Waals surface area contributed by atoms with Crippen molar-refractivity contribution in [2.45, 2.75) is 18.9 Å². The molecule has 0 saturated heterocycles. The normalized spacial score (nSPS) is 20.8. The molecule has 0 radical (unpaired) electrons. The van der Waals surface area contributed by atoms with Crippen LogP contribution < -0.4 is 9.47 Å². The highest BCUT2D eigenvalue weighted by Gasteiger charge is 2.45. The molecule has 1 heterocycles. The van der Waals surface area contributed by atoms with Gasteiger partial charge in [0, 0.05) is 24.5 Å². The lowest BCUT2D eigenvalue weighted by Gasteiger charge is -2.18. The van der Waals surface area contributed by atoms with Crippen LogP contribution in [0.1, 0.15) is 23.5 Å². The van der Waals surface area contributed by atoms with Crippen LogP contribution in [0.15, 0.2) is 42.5 Å². The molecule has 2 aliphatic rings. The van der Waals surface area contributed by atoms with Crippen LogP contribution in [-0.4, -0.2) is 24.6 Å². The summed E-state index contributed by atoms with van der Waals surface area (Å²) in [7, 11) is 1.84. The summed E-state index contributed by atoms with van der Waals surface area (Å²) in [6, 6.07) is 13.6. The van der Waals surface area contributed by atoms with Gasteiger partial charge in [0.25, 0.3) is 0 Å². The first-order valence-corrected chi connectivity index (χ1v) is 8.39. The van der Waals surface area contributed by atoms with Crippen LogP contribution in [-0.2, 0) is 11.3 Å². The Bertz CT molecular complexity index is 792. The van der Waals surface area contributed by atoms with E-state index in [4.69, 9.17) is 21.1 Å². The highest BCUT2D eigenvalue weighted by Crippen LogP contribution is 2.50. The first-order chi connectivity index (χ1) is 11.6. The predicted octanol–water partition coefficient (Wildman–Crippen LogP) is 3.83. The van der Waals surface area contributed by atoms with Gasteiger partial charge in [-0.25, -0.2) is 0 Å². The fourth-order valence-electron chi connectivity index (χ4n) is 3.26. The fraction of sp³-hybridized carbons (Fsp3) is 0.316. The SMILES string of the molecule is CN(Cc1ccc2c(c1)OCO2)C(=O)C1CC1c1ccccc1Cl. The van der Waals surface area contributed by atoms with Crippen molar-refractivity contribution in [1.82, 2.24) is 4.90 Å². The number of ether oxygens (including phenoxy) is 2. The molecule has 1 aliphatic heterocycles. The van der Waals surface area contributed by atoms with Crippen LogP contribution in [0, 0.1) is 5.92 Å². The Balaban J connectivity index is 1.41. The van der Waals surface area contributed by atoms with Gasteiger partial charge in [-0.05, 0) is 41.7 Å². The minimum atomic E-state index is 0.0314. The molecule has 2 aromatic carbocycles. The van der Waals surface area contributed by atoms with E-state index in [2.05, 4.69) is 0 Å². The third-order valence-corrected chi connectivity index (χ3v) is 4.99. The average Bonchev–Trinajstić information content (AvgIpc) is 3.23. The van der Waals surface area contributed by atoms with Gasteiger partial charge in [0.15, 0.2) is 11.5 Å². The van der Waals surface area contributed by atoms with Crippen LogP contribution in [0.4, 0.5) is 0 Å². The first kappa shape index (κ1) is 15.3. The van der Waals surface area contributed by atoms with Gasteiger partial charge in [0.05, 0.1) is 0 Å². The van der Waals surface area contributed by atoms with Crippen molar-refractivity contribution in [2.24, 2.45) is 5.92 Å². The quantitative estimate of drug-likeness (QED) is 0.846. The second-order valence-electron chi connectivity index (χ2n) is 6.35. The number of hydrogen-bond donors (Lipinski definition) is 0. The molecular weight excluding hydrogens is 326 g/mol. The van der Waals surface area contributed by atoms with Crippen molar-refractivity contribution >= 4 is 17.5 Å². The Kier molecular flexibility index (Phi) is 3.85. The van der Waals surface area contributed by atoms with Crippen LogP contribution in [0.3, 0.4) is 0 Å². The van der Waals surface area contributed by atoms with E-state index in [1.165, 1.54) is 0 Å². The van der Waals surface area contributed by atoms with E-state index in [0.29, 0.717) is 6.54 Å². The summed E-state index contributed by atoms with van der Waals surface area (Å²) >= 11 is 6.24. The minimum absolute atomic E-state index is 0.0314. The average molecular weight is 344 g/mol. The second-order valence-corrected chi connectivity index (χ2v) is 6.76. The van der Waals surface area contributed by atoms with Gasteiger partial charge < -0.3 is 14.4 Å². The lowest BCUT2D eigenvalue weighted by atomic mass is 10.1. The molecule has 4 nitrogen and oxygen atoms in total. The molecule has 0 N–H and O–H groups in total. The van der Waals surface area contributed by atoms with E-state index in [1.807, 2.05) is 49.5 Å². The van der Waals surface area contributed by atoms with E-state index in [0.717, 1.165) is 34.1 Å². The zero-order valence-electron chi connectivity index (χ0n) is 13.4. The Morgan fingerprint density at radius 1 is 1.21 bits per heavy atom. The van der Waals surface area contributed by atoms with Gasteiger partial charge in [-0.1, -0.05) is 35.9 Å². The zero-order chi connectivity index (χ0) is 16.7. The molecule has 1 amide bonds. The third-order valence-electron chi connectivity index (χ3n) is 4.65. The molecule has 2 aromatic rings. The Morgan fingerprint density at radius 3 is 2.83 bits per heavy atom. The lowest BCUT2D eigenvalue weighted by Crippen LogP contribution is -2.28. The molecule has 2 unspecified atom stereocenters. The van der Waals surface area contributed by atoms with Crippen molar-refractivity contribution in [1.29, 1.82) is 0 Å². The molecule has 5 heteroatoms. The largest absolute Gasteiger partial charge is 0.454 e. The van der Waals surface area contributed by atoms with Crippen LogP contribution in [0.25, 0.3) is 0 Å². The summed E-state index contributed by atoms with van der Waals surface area (Å²) in [6.07, 6.45) is 0.869. The molecule has 4 rings (SSSR count). The number of rotatable bonds is 4. The summed E-state index contributed by atoms with van der Waals surface area (Å²) in [6.45, 7) is 0.816. The molecule has 1 saturated carbocycles. The predicted molar refractivity (Wildman–Crippen MR) is 91.3 cm³/mol. The second kappa shape index (κ2) is 6.02. The molecule has 124 valence electrons. The van der Waals surface area contributed by atoms with Crippen molar-refractivity contribution in [3.05, 3.63) is 58.6 Å². The highest BCUT2D eigenvalue weighted by atomic mass is 35.5. The molecule has 1 fully saturated rings. The van der Waals surface area contributed by atoms with E-state index in [-0.39, 0.29) is 24.5 Å². The van der Waals surface area contributed by atoms with E-state index in [1.54, 1.807) is 4.90 Å². The minimum Gasteiger partial charge on any atom is -0.454 e. The highest BCUT2D eigenvalue weighted by molar-refractivity contribution is 6.31. The zero-order valence-corrected chi connectivity index (χ0v) is 14.1. The summed E-state index contributed by atoms with van der Waals surface area (Å²) < 4.78 is 10.7. The maximum atomic E-state index is 12.7. The third kappa shape index (κ3) is 2.82. The number of fused-ring (bicyclic) bond motifs is 1. The van der Waals surface area contributed by atoms with E-state index in [9.17, 15) is 4.79 Å². The van der Waals surface area contributed by atoms with E-state index >= 15 is 0 Å². The van der Waals surface area contributed by atoms with Crippen LogP contribution in [0.5, 0.6) is 11.5 Å². The number of halogens is 1. The summed E-state index contributed by atoms with van der Waals surface area (Å²) in [5, 5.41) is 0.747. The maximum Gasteiger partial charge on any atom is 0.231 e. The van der Waals surface area contributed by atoms with Gasteiger partial charge in [-0.2, -0.15) is 0 Å². The van der Waals surface area contributed by atoms with Crippen LogP contribution >= 0.6 is 11.6 Å². The molecule has 1 aliphatic carbocycles. The number of amides is 1. The number of hydrogen-bond acceptors (Lipinski definition) is 3. The van der Waals surface area contributed by atoms with Crippen LogP contribution in [0.2, 0.25) is 5.02 Å². The van der Waals surface area contributed by atoms with Crippen molar-refractivity contribution in [3.63, 3.8) is 0 Å². The van der Waals surface area contributed by atoms with Gasteiger partial charge in [0.2, 0.25) is 12.7 Å². The summed E-state index contributed by atoms with van der Waals surface area (Å²) in [5.74, 6) is 1.94. The molecular formula is C19H18ClNO3. The fourth-order valence-corrected chi connectivity index (χ4v) is 3.54. The molecule has 24 heavy (non-hydrogen) atoms. The van der Waals surface area contributed by atoms with Crippen molar-refractivity contribution < 1.29 is 14.3 Å². The smallest absolute Gasteiger partial charge is 0.231 e. The number of carbonyl (C=O) groups excluding carboxylic acids is 1. The molecule has 0 bridgehead atoms. The summed E-state index contributed by atoms with van der Waals surface area (Å²) in [4.78, 5) is 14.4. The molecule has 0 aromatic heterocycles. The van der Waals surface area contributed by atoms with Gasteiger partial charge >= 0.3 is 0 Å². The first-order valence-electron chi connectivity index (χ1n) is 8.01. The molecule has 0 spiro atoms. The van der Waals surface area contributed by atoms with Gasteiger partial charge in [0.1, 0.15) is 0 Å². The standard InChI is InChI=1S/C19H18ClNO3/c1-21(10-12-6-7-17-18(8-12)24-11-23-17)19(22)15-9-14(15)13-4-2-3-5-16(13)20/h2-8,14-15H,9-11H2,1H3. The van der Waals surface area contributed by atoms with Crippen molar-refractivity contribution in [2.75, 3.05) is 13.8 Å². The van der Waals surface area contributed by atoms with Gasteiger partial charge in [-0.3, -0.25) is 4.79 Å². The monoisotopic (exact) mass is 343 g/mol. The Labute approximate surface area is 145 Å². The molecule has 2 atom stereocenters. The Hall–Kier alpha value is -2.20. The van der Waals surface area contributed by atoms with Crippen molar-refractivity contribution in [3.8, 4) is 11.5 Å². The maximum absolute atomic E-state index is 12.7. The Morgan fingerprint density at radius 2 is 2.00 bits per heavy atom. The van der Waals surface area contributed by atoms with E-state index < -0.39 is 0 Å². The topological polar surface area (TPSA) is 38.8 Å². The number of benzene rings is 2. The summed E-state index contributed by atoms with van der Waals surface area (Å²) in [5.41, 5.74) is 2.11. The lowest BCUT2D eigenvalue weighted by molar-refractivity contribution is -0.131. The number of nitrogens with zero attached hydrogens (tertiary/aromatic N) is 1.